The molecular weight excluding hydrogens is 266 g/mol. The van der Waals surface area contributed by atoms with E-state index in [1.807, 2.05) is 12.1 Å². The lowest BCUT2D eigenvalue weighted by Gasteiger charge is -2.38. The maximum absolute atomic E-state index is 12.5. The Labute approximate surface area is 125 Å². The molecule has 1 unspecified atom stereocenters. The summed E-state index contributed by atoms with van der Waals surface area (Å²) in [7, 11) is 0. The van der Waals surface area contributed by atoms with E-state index in [0.29, 0.717) is 5.69 Å². The van der Waals surface area contributed by atoms with Crippen molar-refractivity contribution in [3.05, 3.63) is 29.8 Å². The van der Waals surface area contributed by atoms with Crippen molar-refractivity contribution in [2.75, 3.05) is 11.9 Å². The Hall–Kier alpha value is -1.88. The number of carbonyl (C=O) groups excluding carboxylic acids is 2. The highest BCUT2D eigenvalue weighted by molar-refractivity contribution is 5.96. The maximum atomic E-state index is 12.5. The average Bonchev–Trinajstić information content (AvgIpc) is 2.39. The summed E-state index contributed by atoms with van der Waals surface area (Å²) in [6.07, 6.45) is 2.22. The van der Waals surface area contributed by atoms with Crippen LogP contribution in [0.1, 0.15) is 32.3 Å². The number of para-hydroxylation sites is 1. The Morgan fingerprint density at radius 1 is 1.38 bits per heavy atom. The second-order valence-electron chi connectivity index (χ2n) is 6.27. The predicted octanol–water partition coefficient (Wildman–Crippen LogP) is 1.43. The van der Waals surface area contributed by atoms with Crippen LogP contribution < -0.4 is 16.4 Å². The quantitative estimate of drug-likeness (QED) is 0.784. The van der Waals surface area contributed by atoms with Gasteiger partial charge >= 0.3 is 0 Å². The second kappa shape index (κ2) is 6.26. The van der Waals surface area contributed by atoms with E-state index in [1.54, 1.807) is 12.1 Å². The van der Waals surface area contributed by atoms with Crippen LogP contribution in [0.5, 0.6) is 0 Å². The first kappa shape index (κ1) is 15.5. The topological polar surface area (TPSA) is 84.2 Å². The fourth-order valence-electron chi connectivity index (χ4n) is 2.85. The van der Waals surface area contributed by atoms with Gasteiger partial charge in [-0.2, -0.15) is 0 Å². The van der Waals surface area contributed by atoms with Crippen molar-refractivity contribution >= 4 is 17.5 Å². The Kier molecular flexibility index (Phi) is 4.63. The van der Waals surface area contributed by atoms with Gasteiger partial charge in [0.1, 0.15) is 0 Å². The normalized spacial score (nSPS) is 20.8. The maximum Gasteiger partial charge on any atom is 0.242 e. The van der Waals surface area contributed by atoms with E-state index in [-0.39, 0.29) is 23.8 Å². The number of hydrogen-bond donors (Lipinski definition) is 3. The highest BCUT2D eigenvalue weighted by Crippen LogP contribution is 2.31. The third-order valence-corrected chi connectivity index (χ3v) is 4.03. The second-order valence-corrected chi connectivity index (χ2v) is 6.27. The van der Waals surface area contributed by atoms with Crippen molar-refractivity contribution in [3.8, 4) is 0 Å². The number of nitrogens with one attached hydrogen (secondary N) is 2. The summed E-state index contributed by atoms with van der Waals surface area (Å²) < 4.78 is 0. The summed E-state index contributed by atoms with van der Waals surface area (Å²) in [5.41, 5.74) is 6.56. The van der Waals surface area contributed by atoms with Crippen LogP contribution in [0, 0.1) is 5.41 Å². The van der Waals surface area contributed by atoms with Gasteiger partial charge in [-0.25, -0.2) is 0 Å². The minimum absolute atomic E-state index is 0.0587. The molecule has 1 fully saturated rings. The minimum Gasteiger partial charge on any atom is -0.369 e. The van der Waals surface area contributed by atoms with Gasteiger partial charge in [0.05, 0.1) is 12.5 Å². The first-order valence-corrected chi connectivity index (χ1v) is 7.30. The molecule has 4 N–H and O–H groups in total. The number of nitrogens with two attached hydrogens (primary N) is 1. The van der Waals surface area contributed by atoms with Crippen molar-refractivity contribution in [3.63, 3.8) is 0 Å². The van der Waals surface area contributed by atoms with Gasteiger partial charge in [-0.3, -0.25) is 9.59 Å². The molecule has 2 amide bonds. The zero-order chi connectivity index (χ0) is 15.5. The SMILES string of the molecule is CC1(C)CCCNC1C(=O)Nc1ccccc1CC(N)=O. The molecule has 0 bridgehead atoms. The van der Waals surface area contributed by atoms with E-state index in [4.69, 9.17) is 5.73 Å². The molecule has 0 aliphatic carbocycles. The van der Waals surface area contributed by atoms with Crippen molar-refractivity contribution < 1.29 is 9.59 Å². The van der Waals surface area contributed by atoms with Crippen molar-refractivity contribution in [2.45, 2.75) is 39.2 Å². The van der Waals surface area contributed by atoms with E-state index < -0.39 is 5.91 Å². The fraction of sp³-hybridized carbons (Fsp3) is 0.500. The zero-order valence-electron chi connectivity index (χ0n) is 12.6. The molecular formula is C16H23N3O2. The van der Waals surface area contributed by atoms with Gasteiger partial charge in [-0.05, 0) is 36.4 Å². The van der Waals surface area contributed by atoms with Crippen LogP contribution in [-0.4, -0.2) is 24.4 Å². The zero-order valence-corrected chi connectivity index (χ0v) is 12.6. The van der Waals surface area contributed by atoms with Gasteiger partial charge in [-0.15, -0.1) is 0 Å². The van der Waals surface area contributed by atoms with Crippen LogP contribution in [0.3, 0.4) is 0 Å². The molecule has 0 radical (unpaired) electrons. The number of anilines is 1. The van der Waals surface area contributed by atoms with Gasteiger partial charge in [0.2, 0.25) is 11.8 Å². The third-order valence-electron chi connectivity index (χ3n) is 4.03. The molecule has 1 aromatic carbocycles. The van der Waals surface area contributed by atoms with Crippen molar-refractivity contribution in [1.29, 1.82) is 0 Å². The Morgan fingerprint density at radius 2 is 2.10 bits per heavy atom. The van der Waals surface area contributed by atoms with E-state index in [9.17, 15) is 9.59 Å². The summed E-state index contributed by atoms with van der Waals surface area (Å²) >= 11 is 0. The number of amides is 2. The third kappa shape index (κ3) is 3.82. The van der Waals surface area contributed by atoms with Gasteiger partial charge in [0.25, 0.3) is 0 Å². The highest BCUT2D eigenvalue weighted by atomic mass is 16.2. The predicted molar refractivity (Wildman–Crippen MR) is 82.8 cm³/mol. The van der Waals surface area contributed by atoms with Crippen LogP contribution in [0.25, 0.3) is 0 Å². The summed E-state index contributed by atoms with van der Waals surface area (Å²) in [6, 6.07) is 7.04. The average molecular weight is 289 g/mol. The number of benzene rings is 1. The fourth-order valence-corrected chi connectivity index (χ4v) is 2.85. The molecule has 1 saturated heterocycles. The molecule has 1 aromatic rings. The summed E-state index contributed by atoms with van der Waals surface area (Å²) in [5, 5.41) is 6.22. The lowest BCUT2D eigenvalue weighted by Crippen LogP contribution is -2.53. The van der Waals surface area contributed by atoms with Crippen LogP contribution in [0.2, 0.25) is 0 Å². The molecule has 0 saturated carbocycles. The highest BCUT2D eigenvalue weighted by Gasteiger charge is 2.37. The van der Waals surface area contributed by atoms with E-state index in [1.165, 1.54) is 0 Å². The van der Waals surface area contributed by atoms with Gasteiger partial charge < -0.3 is 16.4 Å². The lowest BCUT2D eigenvalue weighted by molar-refractivity contribution is -0.121. The molecule has 21 heavy (non-hydrogen) atoms. The van der Waals surface area contributed by atoms with Crippen LogP contribution in [-0.2, 0) is 16.0 Å². The van der Waals surface area contributed by atoms with E-state index in [2.05, 4.69) is 24.5 Å². The molecule has 1 aliphatic heterocycles. The Balaban J connectivity index is 2.14. The smallest absolute Gasteiger partial charge is 0.242 e. The Morgan fingerprint density at radius 3 is 2.76 bits per heavy atom. The molecule has 5 nitrogen and oxygen atoms in total. The van der Waals surface area contributed by atoms with Gasteiger partial charge in [0.15, 0.2) is 0 Å². The molecule has 1 heterocycles. The molecule has 5 heteroatoms. The number of piperidine rings is 1. The molecule has 1 aliphatic rings. The Bertz CT molecular complexity index is 540. The number of carbonyl (C=O) groups is 2. The largest absolute Gasteiger partial charge is 0.369 e. The molecule has 1 atom stereocenters. The first-order valence-electron chi connectivity index (χ1n) is 7.30. The monoisotopic (exact) mass is 289 g/mol. The van der Waals surface area contributed by atoms with Crippen LogP contribution in [0.4, 0.5) is 5.69 Å². The van der Waals surface area contributed by atoms with E-state index >= 15 is 0 Å². The number of rotatable bonds is 4. The minimum atomic E-state index is -0.409. The molecule has 114 valence electrons. The van der Waals surface area contributed by atoms with Gasteiger partial charge in [0, 0.05) is 5.69 Å². The van der Waals surface area contributed by atoms with Gasteiger partial charge in [-0.1, -0.05) is 32.0 Å². The first-order chi connectivity index (χ1) is 9.90. The lowest BCUT2D eigenvalue weighted by atomic mass is 9.77. The standard InChI is InChI=1S/C16H23N3O2/c1-16(2)8-5-9-18-14(16)15(21)19-12-7-4-3-6-11(12)10-13(17)20/h3-4,6-7,14,18H,5,8-10H2,1-2H3,(H2,17,20)(H,19,21). The van der Waals surface area contributed by atoms with Crippen molar-refractivity contribution in [1.82, 2.24) is 5.32 Å². The molecule has 0 spiro atoms. The summed E-state index contributed by atoms with van der Waals surface area (Å²) in [5.74, 6) is -0.468. The number of hydrogen-bond acceptors (Lipinski definition) is 3. The molecule has 2 rings (SSSR count). The van der Waals surface area contributed by atoms with Crippen LogP contribution >= 0.6 is 0 Å². The van der Waals surface area contributed by atoms with E-state index in [0.717, 1.165) is 24.9 Å². The summed E-state index contributed by atoms with van der Waals surface area (Å²) in [4.78, 5) is 23.6. The number of primary amides is 1. The molecule has 0 aromatic heterocycles. The van der Waals surface area contributed by atoms with Crippen LogP contribution in [0.15, 0.2) is 24.3 Å². The summed E-state index contributed by atoms with van der Waals surface area (Å²) in [6.45, 7) is 5.04. The van der Waals surface area contributed by atoms with Crippen molar-refractivity contribution in [2.24, 2.45) is 11.1 Å².